The Kier molecular flexibility index (Phi) is 7.57. The van der Waals surface area contributed by atoms with Crippen LogP contribution in [0.25, 0.3) is 22.2 Å². The molecule has 1 aromatic carbocycles. The average Bonchev–Trinajstić information content (AvgIpc) is 3.27. The van der Waals surface area contributed by atoms with Gasteiger partial charge in [0, 0.05) is 62.6 Å². The van der Waals surface area contributed by atoms with E-state index in [1.54, 1.807) is 6.20 Å². The number of aromatic nitrogens is 5. The summed E-state index contributed by atoms with van der Waals surface area (Å²) in [7, 11) is 0. The van der Waals surface area contributed by atoms with E-state index in [1.807, 2.05) is 54.3 Å². The Morgan fingerprint density at radius 1 is 1.17 bits per heavy atom. The Labute approximate surface area is 250 Å². The third kappa shape index (κ3) is 6.50. The summed E-state index contributed by atoms with van der Waals surface area (Å²) in [4.78, 5) is 27.8. The number of benzene rings is 1. The number of anilines is 2. The van der Waals surface area contributed by atoms with Crippen LogP contribution < -0.4 is 5.32 Å². The van der Waals surface area contributed by atoms with Crippen molar-refractivity contribution in [2.45, 2.75) is 42.9 Å². The van der Waals surface area contributed by atoms with Gasteiger partial charge in [0.2, 0.25) is 11.9 Å². The van der Waals surface area contributed by atoms with Gasteiger partial charge in [0.15, 0.2) is 0 Å². The van der Waals surface area contributed by atoms with Crippen molar-refractivity contribution in [3.63, 3.8) is 0 Å². The quantitative estimate of drug-likeness (QED) is 0.238. The van der Waals surface area contributed by atoms with Crippen LogP contribution in [0, 0.1) is 5.92 Å². The van der Waals surface area contributed by atoms with Crippen LogP contribution >= 0.6 is 23.2 Å². The van der Waals surface area contributed by atoms with E-state index in [0.29, 0.717) is 31.4 Å². The molecular formula is C28H29Cl2F3N8O. The number of piperazine rings is 1. The highest BCUT2D eigenvalue weighted by Crippen LogP contribution is 2.53. The largest absolute Gasteiger partial charge is 0.397 e. The van der Waals surface area contributed by atoms with Crippen LogP contribution in [-0.4, -0.2) is 77.1 Å². The molecule has 0 radical (unpaired) electrons. The molecule has 0 bridgehead atoms. The number of alkyl halides is 5. The number of nitrogens with one attached hydrogen (secondary N) is 2. The molecule has 1 saturated carbocycles. The number of halogens is 5. The Morgan fingerprint density at radius 2 is 1.93 bits per heavy atom. The maximum Gasteiger partial charge on any atom is 0.397 e. The van der Waals surface area contributed by atoms with Crippen molar-refractivity contribution >= 4 is 51.9 Å². The van der Waals surface area contributed by atoms with Gasteiger partial charge < -0.3 is 15.2 Å². The van der Waals surface area contributed by atoms with Crippen LogP contribution in [0.1, 0.15) is 31.4 Å². The smallest absolute Gasteiger partial charge is 0.340 e. The minimum atomic E-state index is -4.49. The first-order chi connectivity index (χ1) is 19.9. The van der Waals surface area contributed by atoms with Crippen LogP contribution in [0.3, 0.4) is 0 Å². The Morgan fingerprint density at radius 3 is 2.64 bits per heavy atom. The molecule has 1 aliphatic carbocycles. The maximum absolute atomic E-state index is 12.6. The summed E-state index contributed by atoms with van der Waals surface area (Å²) in [6, 6.07) is 9.77. The van der Waals surface area contributed by atoms with Gasteiger partial charge in [-0.2, -0.15) is 18.3 Å². The Hall–Kier alpha value is -3.35. The van der Waals surface area contributed by atoms with Gasteiger partial charge in [0.25, 0.3) is 0 Å². The lowest BCUT2D eigenvalue weighted by molar-refractivity contribution is -0.162. The number of pyridine rings is 1. The van der Waals surface area contributed by atoms with Crippen LogP contribution in [0.15, 0.2) is 48.9 Å². The van der Waals surface area contributed by atoms with E-state index in [9.17, 15) is 18.0 Å². The molecule has 9 nitrogen and oxygen atoms in total. The topological polar surface area (TPSA) is 95.0 Å². The molecule has 14 heteroatoms. The minimum absolute atomic E-state index is 0.0160. The normalized spacial score (nSPS) is 19.7. The fourth-order valence-electron chi connectivity index (χ4n) is 5.30. The number of aromatic amines is 1. The van der Waals surface area contributed by atoms with Gasteiger partial charge in [-0.25, -0.2) is 9.97 Å². The zero-order valence-electron chi connectivity index (χ0n) is 22.7. The molecule has 1 unspecified atom stereocenters. The summed E-state index contributed by atoms with van der Waals surface area (Å²) in [5.74, 6) is 0.483. The molecule has 3 aromatic heterocycles. The standard InChI is InChI=1S/C28H29Cl2F3N8O/c1-17(39-6-8-40(9-7-39)25(42)13-28(31,32)33)18-4-5-34-24(11-18)38-26-36-22-3-2-19(10-23(22)37-26)20-14-35-41(15-20)16-21-12-27(21,29)30/h2-5,10-11,14-15,17,21H,6-9,12-13,16H2,1H3,(H2,34,36,37,38)/t17?,21-/m0/s1. The van der Waals surface area contributed by atoms with Crippen molar-refractivity contribution in [2.75, 3.05) is 31.5 Å². The van der Waals surface area contributed by atoms with E-state index in [4.69, 9.17) is 23.2 Å². The molecule has 2 N–H and O–H groups in total. The van der Waals surface area contributed by atoms with Crippen molar-refractivity contribution < 1.29 is 18.0 Å². The highest BCUT2D eigenvalue weighted by atomic mass is 35.5. The summed E-state index contributed by atoms with van der Waals surface area (Å²) in [5, 5.41) is 7.69. The lowest BCUT2D eigenvalue weighted by Crippen LogP contribution is -2.50. The highest BCUT2D eigenvalue weighted by molar-refractivity contribution is 6.50. The lowest BCUT2D eigenvalue weighted by atomic mass is 10.1. The van der Waals surface area contributed by atoms with Crippen LogP contribution in [0.2, 0.25) is 0 Å². The molecule has 2 aliphatic rings. The molecule has 2 fully saturated rings. The van der Waals surface area contributed by atoms with Gasteiger partial charge in [-0.05, 0) is 48.7 Å². The molecule has 0 spiro atoms. The van der Waals surface area contributed by atoms with E-state index in [1.165, 1.54) is 4.90 Å². The van der Waals surface area contributed by atoms with Crippen LogP contribution in [0.4, 0.5) is 24.9 Å². The number of carbonyl (C=O) groups excluding carboxylic acids is 1. The van der Waals surface area contributed by atoms with Crippen molar-refractivity contribution in [1.82, 2.24) is 34.5 Å². The second-order valence-electron chi connectivity index (χ2n) is 10.9. The predicted molar refractivity (Wildman–Crippen MR) is 155 cm³/mol. The summed E-state index contributed by atoms with van der Waals surface area (Å²) >= 11 is 12.3. The zero-order valence-corrected chi connectivity index (χ0v) is 24.2. The number of hydrogen-bond acceptors (Lipinski definition) is 6. The van der Waals surface area contributed by atoms with Gasteiger partial charge >= 0.3 is 6.18 Å². The number of carbonyl (C=O) groups is 1. The van der Waals surface area contributed by atoms with Gasteiger partial charge in [-0.15, -0.1) is 23.2 Å². The van der Waals surface area contributed by atoms with Crippen LogP contribution in [-0.2, 0) is 11.3 Å². The second-order valence-corrected chi connectivity index (χ2v) is 12.5. The third-order valence-corrected chi connectivity index (χ3v) is 8.82. The first-order valence-electron chi connectivity index (χ1n) is 13.7. The van der Waals surface area contributed by atoms with E-state index in [-0.39, 0.29) is 25.0 Å². The van der Waals surface area contributed by atoms with E-state index >= 15 is 0 Å². The SMILES string of the molecule is CC(c1ccnc(Nc2nc3ccc(-c4cnn(C[C@@H]5CC5(Cl)Cl)c4)cc3[nH]2)c1)N1CCN(C(=O)CC(F)(F)F)CC1. The molecule has 6 rings (SSSR count). The fraction of sp³-hybridized carbons (Fsp3) is 0.429. The summed E-state index contributed by atoms with van der Waals surface area (Å²) in [5.41, 5.74) is 4.61. The first kappa shape index (κ1) is 28.8. The van der Waals surface area contributed by atoms with E-state index in [2.05, 4.69) is 30.3 Å². The number of rotatable bonds is 8. The number of H-pyrrole nitrogens is 1. The molecule has 4 heterocycles. The minimum Gasteiger partial charge on any atom is -0.340 e. The van der Waals surface area contributed by atoms with Crippen LogP contribution in [0.5, 0.6) is 0 Å². The average molecular weight is 621 g/mol. The predicted octanol–water partition coefficient (Wildman–Crippen LogP) is 5.92. The maximum atomic E-state index is 12.6. The van der Waals surface area contributed by atoms with Crippen molar-refractivity contribution in [3.8, 4) is 11.1 Å². The summed E-state index contributed by atoms with van der Waals surface area (Å²) in [6.45, 7) is 4.21. The fourth-order valence-corrected chi connectivity index (χ4v) is 5.81. The monoisotopic (exact) mass is 620 g/mol. The van der Waals surface area contributed by atoms with E-state index in [0.717, 1.165) is 34.1 Å². The molecule has 222 valence electrons. The van der Waals surface area contributed by atoms with Crippen molar-refractivity contribution in [2.24, 2.45) is 5.92 Å². The molecule has 2 atom stereocenters. The number of imidazole rings is 1. The number of hydrogen-bond donors (Lipinski definition) is 2. The molecule has 1 amide bonds. The Balaban J connectivity index is 1.09. The molecule has 1 saturated heterocycles. The number of nitrogens with zero attached hydrogens (tertiary/aromatic N) is 6. The second kappa shape index (κ2) is 11.1. The van der Waals surface area contributed by atoms with Gasteiger partial charge in [0.05, 0.1) is 17.2 Å². The summed E-state index contributed by atoms with van der Waals surface area (Å²) in [6.07, 6.45) is 0.367. The van der Waals surface area contributed by atoms with E-state index < -0.39 is 22.8 Å². The number of amides is 1. The van der Waals surface area contributed by atoms with Gasteiger partial charge in [-0.1, -0.05) is 6.07 Å². The van der Waals surface area contributed by atoms with Crippen molar-refractivity contribution in [3.05, 3.63) is 54.5 Å². The molecule has 1 aliphatic heterocycles. The van der Waals surface area contributed by atoms with Crippen molar-refractivity contribution in [1.29, 1.82) is 0 Å². The number of fused-ring (bicyclic) bond motifs is 1. The third-order valence-electron chi connectivity index (χ3n) is 7.89. The van der Waals surface area contributed by atoms with Gasteiger partial charge in [-0.3, -0.25) is 14.4 Å². The molecular weight excluding hydrogens is 592 g/mol. The highest BCUT2D eigenvalue weighted by Gasteiger charge is 2.51. The molecule has 4 aromatic rings. The molecule has 42 heavy (non-hydrogen) atoms. The first-order valence-corrected chi connectivity index (χ1v) is 14.4. The zero-order chi connectivity index (χ0) is 29.6. The Bertz CT molecular complexity index is 1600. The summed E-state index contributed by atoms with van der Waals surface area (Å²) < 4.78 is 39.0. The van der Waals surface area contributed by atoms with Gasteiger partial charge in [0.1, 0.15) is 16.6 Å². The lowest BCUT2D eigenvalue weighted by Gasteiger charge is -2.38.